The third-order valence-electron chi connectivity index (χ3n) is 11.1. The lowest BCUT2D eigenvalue weighted by atomic mass is 9.99. The van der Waals surface area contributed by atoms with Gasteiger partial charge < -0.3 is 50.9 Å². The standard InChI is InChI=1S/C40H62N8O11S/c1-9-24-37(55)47-15-11-10-13-27(47)34(53)45-30(23(7)49)39(57)46(8)31(21(4)5)40(58)59-18-29(50)35(54)41-22(6)32(51)43-25(17-20(2)3)38(56)48-16-12-14-28(48)36-44-26(19-60-36)33(52)42-24/h9,20-23,25-31,49-50H,10-19H2,1-8H3,(H,41,54)(H,42,52)(H,43,51)(H,45,53)/b24-9+/t22-,23-,25+,26-,27-,28-,29-,30-,31-/m0/s1. The van der Waals surface area contributed by atoms with Crippen molar-refractivity contribution in [1.29, 1.82) is 0 Å². The number of nitrogens with one attached hydrogen (secondary N) is 4. The molecule has 2 saturated heterocycles. The van der Waals surface area contributed by atoms with E-state index in [0.717, 1.165) is 4.90 Å². The average molecular weight is 863 g/mol. The SMILES string of the molecule is C/C=C1/NC(=O)[C@@H]2CSC(=N2)[C@@H]2CCCN2C(=O)[C@@H](CC(C)C)NC(=O)[C@H](C)NC(=O)[C@@H](O)COC(=O)[C@H](C(C)C)N(C)C(=O)[C@H]([C@H](C)O)NC(=O)[C@@H]2CCCCN2C1=O. The number of cyclic esters (lactones) is 1. The summed E-state index contributed by atoms with van der Waals surface area (Å²) in [6, 6.07) is -7.42. The van der Waals surface area contributed by atoms with E-state index in [1.807, 2.05) is 13.8 Å². The lowest BCUT2D eigenvalue weighted by Crippen LogP contribution is -2.61. The third-order valence-corrected chi connectivity index (χ3v) is 12.2. The molecule has 4 heterocycles. The molecule has 0 aromatic carbocycles. The minimum atomic E-state index is -1.91. The molecule has 7 amide bonds. The minimum absolute atomic E-state index is 0.0120. The second-order valence-electron chi connectivity index (χ2n) is 16.6. The Bertz CT molecular complexity index is 1720. The summed E-state index contributed by atoms with van der Waals surface area (Å²) in [6.45, 7) is 11.0. The van der Waals surface area contributed by atoms with Gasteiger partial charge in [-0.05, 0) is 71.1 Å². The van der Waals surface area contributed by atoms with Crippen LogP contribution in [0.3, 0.4) is 0 Å². The number of carbonyl (C=O) groups is 8. The van der Waals surface area contributed by atoms with E-state index in [0.29, 0.717) is 37.3 Å². The number of allylic oxidation sites excluding steroid dienone is 1. The van der Waals surface area contributed by atoms with Crippen LogP contribution in [0.15, 0.2) is 16.8 Å². The van der Waals surface area contributed by atoms with Crippen LogP contribution in [-0.2, 0) is 43.1 Å². The number of likely N-dealkylation sites (N-methyl/N-ethyl adjacent to an activating group) is 1. The smallest absolute Gasteiger partial charge is 0.329 e. The first kappa shape index (κ1) is 48.1. The van der Waals surface area contributed by atoms with E-state index in [1.165, 1.54) is 43.6 Å². The number of aliphatic imine (C=N–C) groups is 1. The molecule has 0 aromatic heterocycles. The van der Waals surface area contributed by atoms with Gasteiger partial charge in [0, 0.05) is 25.9 Å². The lowest BCUT2D eigenvalue weighted by molar-refractivity contribution is -0.161. The fraction of sp³-hybridized carbons (Fsp3) is 0.725. The maximum atomic E-state index is 14.1. The highest BCUT2D eigenvalue weighted by atomic mass is 32.2. The number of aliphatic hydroxyl groups excluding tert-OH is 2. The molecule has 2 fully saturated rings. The Balaban J connectivity index is 1.68. The van der Waals surface area contributed by atoms with Crippen molar-refractivity contribution in [2.45, 2.75) is 141 Å². The van der Waals surface area contributed by atoms with Crippen LogP contribution in [0, 0.1) is 11.8 Å². The molecule has 0 radical (unpaired) electrons. The zero-order valence-electron chi connectivity index (χ0n) is 35.8. The van der Waals surface area contributed by atoms with Crippen molar-refractivity contribution in [3.8, 4) is 0 Å². The number of amides is 7. The molecule has 0 unspecified atom stereocenters. The van der Waals surface area contributed by atoms with E-state index >= 15 is 0 Å². The number of hydrogen-bond donors (Lipinski definition) is 6. The maximum Gasteiger partial charge on any atom is 0.329 e. The van der Waals surface area contributed by atoms with Gasteiger partial charge in [-0.1, -0.05) is 33.8 Å². The number of hydrogen-bond acceptors (Lipinski definition) is 13. The number of ether oxygens (including phenoxy) is 1. The molecule has 20 heteroatoms. The quantitative estimate of drug-likeness (QED) is 0.150. The zero-order valence-corrected chi connectivity index (χ0v) is 36.6. The first-order valence-electron chi connectivity index (χ1n) is 20.8. The number of esters is 1. The molecule has 4 aliphatic heterocycles. The fourth-order valence-corrected chi connectivity index (χ4v) is 9.02. The molecule has 0 aliphatic carbocycles. The topological polar surface area (TPSA) is 256 Å². The molecule has 4 rings (SSSR count). The van der Waals surface area contributed by atoms with Crippen LogP contribution in [-0.4, -0.2) is 164 Å². The first-order chi connectivity index (χ1) is 28.3. The largest absolute Gasteiger partial charge is 0.461 e. The van der Waals surface area contributed by atoms with Gasteiger partial charge in [-0.25, -0.2) is 4.79 Å². The molecule has 9 atom stereocenters. The van der Waals surface area contributed by atoms with Crippen molar-refractivity contribution in [1.82, 2.24) is 36.0 Å². The zero-order chi connectivity index (χ0) is 44.6. The summed E-state index contributed by atoms with van der Waals surface area (Å²) in [6.07, 6.45) is 0.988. The molecule has 0 spiro atoms. The predicted octanol–water partition coefficient (Wildman–Crippen LogP) is -0.806. The molecule has 0 saturated carbocycles. The van der Waals surface area contributed by atoms with E-state index in [1.54, 1.807) is 25.7 Å². The minimum Gasteiger partial charge on any atom is -0.461 e. The van der Waals surface area contributed by atoms with E-state index in [2.05, 4.69) is 21.3 Å². The van der Waals surface area contributed by atoms with E-state index in [4.69, 9.17) is 9.73 Å². The predicted molar refractivity (Wildman–Crippen MR) is 221 cm³/mol. The second kappa shape index (κ2) is 21.3. The molecule has 2 bridgehead atoms. The fourth-order valence-electron chi connectivity index (χ4n) is 7.82. The highest BCUT2D eigenvalue weighted by Gasteiger charge is 2.43. The highest BCUT2D eigenvalue weighted by Crippen LogP contribution is 2.30. The number of piperidine rings is 1. The van der Waals surface area contributed by atoms with Crippen molar-refractivity contribution < 1.29 is 53.3 Å². The molecule has 334 valence electrons. The molecule has 60 heavy (non-hydrogen) atoms. The van der Waals surface area contributed by atoms with Gasteiger partial charge in [-0.3, -0.25) is 38.6 Å². The van der Waals surface area contributed by atoms with Crippen LogP contribution in [0.5, 0.6) is 0 Å². The third kappa shape index (κ3) is 11.6. The molecule has 0 aromatic rings. The van der Waals surface area contributed by atoms with Crippen LogP contribution in [0.25, 0.3) is 0 Å². The van der Waals surface area contributed by atoms with Crippen LogP contribution in [0.1, 0.15) is 87.0 Å². The maximum absolute atomic E-state index is 14.1. The Hall–Kier alpha value is -4.56. The number of thioether (sulfide) groups is 1. The monoisotopic (exact) mass is 862 g/mol. The Kier molecular flexibility index (Phi) is 17.1. The molecular formula is C40H62N8O11S. The number of rotatable bonds is 4. The van der Waals surface area contributed by atoms with Crippen molar-refractivity contribution in [2.75, 3.05) is 32.5 Å². The lowest BCUT2D eigenvalue weighted by Gasteiger charge is -2.37. The summed E-state index contributed by atoms with van der Waals surface area (Å²) in [7, 11) is 1.28. The number of fused-ring (bicyclic) bond motifs is 4. The van der Waals surface area contributed by atoms with Crippen LogP contribution < -0.4 is 21.3 Å². The van der Waals surface area contributed by atoms with Gasteiger partial charge >= 0.3 is 5.97 Å². The van der Waals surface area contributed by atoms with Crippen molar-refractivity contribution >= 4 is 64.1 Å². The summed E-state index contributed by atoms with van der Waals surface area (Å²) in [5.41, 5.74) is -0.0665. The summed E-state index contributed by atoms with van der Waals surface area (Å²) in [5, 5.41) is 32.4. The molecular weight excluding hydrogens is 801 g/mol. The van der Waals surface area contributed by atoms with Gasteiger partial charge in [-0.15, -0.1) is 11.8 Å². The van der Waals surface area contributed by atoms with Crippen molar-refractivity contribution in [3.63, 3.8) is 0 Å². The number of carbonyl (C=O) groups excluding carboxylic acids is 8. The Morgan fingerprint density at radius 2 is 1.52 bits per heavy atom. The summed E-state index contributed by atoms with van der Waals surface area (Å²) >= 11 is 1.34. The van der Waals surface area contributed by atoms with Gasteiger partial charge in [0.2, 0.25) is 29.5 Å². The number of aliphatic hydroxyl groups is 2. The van der Waals surface area contributed by atoms with Gasteiger partial charge in [0.15, 0.2) is 6.10 Å². The van der Waals surface area contributed by atoms with E-state index in [9.17, 15) is 48.6 Å². The second-order valence-corrected chi connectivity index (χ2v) is 17.7. The number of nitrogens with zero attached hydrogens (tertiary/aromatic N) is 4. The Morgan fingerprint density at radius 1 is 0.850 bits per heavy atom. The van der Waals surface area contributed by atoms with Gasteiger partial charge in [0.25, 0.3) is 11.8 Å². The van der Waals surface area contributed by atoms with E-state index in [-0.39, 0.29) is 42.7 Å². The Morgan fingerprint density at radius 3 is 2.15 bits per heavy atom. The molecule has 6 N–H and O–H groups in total. The first-order valence-corrected chi connectivity index (χ1v) is 21.7. The molecule has 19 nitrogen and oxygen atoms in total. The van der Waals surface area contributed by atoms with Gasteiger partial charge in [0.05, 0.1) is 17.2 Å². The average Bonchev–Trinajstić information content (AvgIpc) is 3.90. The summed E-state index contributed by atoms with van der Waals surface area (Å²) in [4.78, 5) is 118. The van der Waals surface area contributed by atoms with Gasteiger partial charge in [-0.2, -0.15) is 0 Å². The van der Waals surface area contributed by atoms with Crippen LogP contribution in [0.4, 0.5) is 0 Å². The van der Waals surface area contributed by atoms with Crippen LogP contribution >= 0.6 is 11.8 Å². The van der Waals surface area contributed by atoms with Gasteiger partial charge in [0.1, 0.15) is 48.6 Å². The highest BCUT2D eigenvalue weighted by molar-refractivity contribution is 8.14. The molecule has 4 aliphatic rings. The van der Waals surface area contributed by atoms with Crippen molar-refractivity contribution in [3.05, 3.63) is 11.8 Å². The van der Waals surface area contributed by atoms with Crippen LogP contribution in [0.2, 0.25) is 0 Å². The van der Waals surface area contributed by atoms with Crippen molar-refractivity contribution in [2.24, 2.45) is 16.8 Å². The summed E-state index contributed by atoms with van der Waals surface area (Å²) < 4.78 is 5.29. The summed E-state index contributed by atoms with van der Waals surface area (Å²) in [5.74, 6) is -6.13. The Labute approximate surface area is 355 Å². The van der Waals surface area contributed by atoms with E-state index < -0.39 is 108 Å². The normalized spacial score (nSPS) is 31.4.